The van der Waals surface area contributed by atoms with Gasteiger partial charge in [-0.25, -0.2) is 9.59 Å². The van der Waals surface area contributed by atoms with E-state index in [1.54, 1.807) is 12.5 Å². The average Bonchev–Trinajstić information content (AvgIpc) is 3.08. The maximum Gasteiger partial charge on any atom is 0.330 e. The standard InChI is InChI=1S/C34H38Br4O10S2/c1-9-23(39)47-21(11-43-25(41)15-49-7)13-45-33-17(3)29(35)27(30(36)18(33)4)28-31(37)19(5)34(20(6)32(28)38)46-14-22(48-24(40)10-2)12-44-26(42)16-50-8/h9-10,21-22H,1-2,11-16H2,3-8H3. The topological polar surface area (TPSA) is 124 Å². The Bertz CT molecular complexity index is 1440. The molecule has 0 aliphatic carbocycles. The number of carbonyl (C=O) groups excluding carboxylic acids is 4. The van der Waals surface area contributed by atoms with Crippen molar-refractivity contribution in [1.29, 1.82) is 0 Å². The molecule has 0 aliphatic rings. The van der Waals surface area contributed by atoms with Crippen LogP contribution >= 0.6 is 87.2 Å². The molecule has 2 atom stereocenters. The smallest absolute Gasteiger partial charge is 0.330 e. The van der Waals surface area contributed by atoms with Gasteiger partial charge in [-0.15, -0.1) is 0 Å². The van der Waals surface area contributed by atoms with Crippen molar-refractivity contribution in [2.75, 3.05) is 50.4 Å². The lowest BCUT2D eigenvalue weighted by atomic mass is 9.96. The second kappa shape index (κ2) is 21.5. The summed E-state index contributed by atoms with van der Waals surface area (Å²) in [6, 6.07) is 0. The minimum atomic E-state index is -0.870. The molecule has 0 spiro atoms. The quantitative estimate of drug-likeness (QED) is 0.0763. The van der Waals surface area contributed by atoms with E-state index in [0.29, 0.717) is 11.5 Å². The molecule has 0 amide bonds. The summed E-state index contributed by atoms with van der Waals surface area (Å²) in [5, 5.41) is 0. The minimum Gasteiger partial charge on any atom is -0.489 e. The van der Waals surface area contributed by atoms with Crippen molar-refractivity contribution in [1.82, 2.24) is 0 Å². The third-order valence-corrected chi connectivity index (χ3v) is 11.9. The van der Waals surface area contributed by atoms with Crippen molar-refractivity contribution in [3.63, 3.8) is 0 Å². The highest BCUT2D eigenvalue weighted by atomic mass is 79.9. The van der Waals surface area contributed by atoms with Crippen LogP contribution in [0.4, 0.5) is 0 Å². The monoisotopic (exact) mass is 986 g/mol. The molecule has 2 aromatic carbocycles. The van der Waals surface area contributed by atoms with Gasteiger partial charge in [0, 0.05) is 63.4 Å². The fourth-order valence-electron chi connectivity index (χ4n) is 4.48. The van der Waals surface area contributed by atoms with E-state index in [9.17, 15) is 19.2 Å². The number of hydrogen-bond acceptors (Lipinski definition) is 12. The first-order chi connectivity index (χ1) is 23.6. The molecule has 0 saturated carbocycles. The van der Waals surface area contributed by atoms with Gasteiger partial charge < -0.3 is 28.4 Å². The van der Waals surface area contributed by atoms with Crippen molar-refractivity contribution >= 4 is 111 Å². The van der Waals surface area contributed by atoms with E-state index in [1.807, 2.05) is 27.7 Å². The molecule has 16 heteroatoms. The Labute approximate surface area is 334 Å². The molecule has 0 saturated heterocycles. The summed E-state index contributed by atoms with van der Waals surface area (Å²) in [6.45, 7) is 13.9. The van der Waals surface area contributed by atoms with Crippen molar-refractivity contribution in [3.05, 3.63) is 65.5 Å². The van der Waals surface area contributed by atoms with Crippen molar-refractivity contribution in [3.8, 4) is 22.6 Å². The number of halogens is 4. The SMILES string of the molecule is C=CC(=O)OC(COC(=O)CSC)COc1c(C)c(Br)c(-c2c(Br)c(C)c(OCC(COC(=O)CSC)OC(=O)C=C)c(C)c2Br)c(Br)c1C. The van der Waals surface area contributed by atoms with Crippen molar-refractivity contribution < 1.29 is 47.6 Å². The first kappa shape index (κ1) is 44.2. The van der Waals surface area contributed by atoms with E-state index in [1.165, 1.54) is 23.5 Å². The van der Waals surface area contributed by atoms with E-state index in [0.717, 1.165) is 63.4 Å². The summed E-state index contributed by atoms with van der Waals surface area (Å²) >= 11 is 17.8. The largest absolute Gasteiger partial charge is 0.489 e. The summed E-state index contributed by atoms with van der Waals surface area (Å²) < 4.78 is 36.6. The number of esters is 4. The zero-order chi connectivity index (χ0) is 37.7. The molecule has 2 unspecified atom stereocenters. The molecule has 0 radical (unpaired) electrons. The van der Waals surface area contributed by atoms with Crippen LogP contribution in [0.2, 0.25) is 0 Å². The minimum absolute atomic E-state index is 0.0798. The van der Waals surface area contributed by atoms with Gasteiger partial charge in [-0.3, -0.25) is 9.59 Å². The van der Waals surface area contributed by atoms with Crippen LogP contribution in [0.3, 0.4) is 0 Å². The summed E-state index contributed by atoms with van der Waals surface area (Å²) in [4.78, 5) is 47.9. The van der Waals surface area contributed by atoms with Gasteiger partial charge in [0.15, 0.2) is 12.2 Å². The third kappa shape index (κ3) is 12.0. The number of hydrogen-bond donors (Lipinski definition) is 0. The summed E-state index contributed by atoms with van der Waals surface area (Å²) in [5.74, 6) is -0.769. The van der Waals surface area contributed by atoms with Gasteiger partial charge in [-0.2, -0.15) is 23.5 Å². The zero-order valence-electron chi connectivity index (χ0n) is 28.4. The molecule has 10 nitrogen and oxygen atoms in total. The lowest BCUT2D eigenvalue weighted by Crippen LogP contribution is -2.31. The van der Waals surface area contributed by atoms with E-state index in [2.05, 4.69) is 76.9 Å². The van der Waals surface area contributed by atoms with Crippen LogP contribution in [0.5, 0.6) is 11.5 Å². The Hall–Kier alpha value is -1.98. The van der Waals surface area contributed by atoms with Crippen molar-refractivity contribution in [2.24, 2.45) is 0 Å². The highest BCUT2D eigenvalue weighted by Crippen LogP contribution is 2.52. The van der Waals surface area contributed by atoms with Crippen LogP contribution in [-0.4, -0.2) is 86.5 Å². The maximum atomic E-state index is 12.0. The molecule has 50 heavy (non-hydrogen) atoms. The number of thioether (sulfide) groups is 2. The molecular formula is C34H38Br4O10S2. The second-order valence-corrected chi connectivity index (χ2v) is 15.4. The molecule has 2 rings (SSSR count). The highest BCUT2D eigenvalue weighted by molar-refractivity contribution is 9.11. The third-order valence-electron chi connectivity index (χ3n) is 6.92. The van der Waals surface area contributed by atoms with E-state index < -0.39 is 36.1 Å². The van der Waals surface area contributed by atoms with Crippen molar-refractivity contribution in [2.45, 2.75) is 39.9 Å². The lowest BCUT2D eigenvalue weighted by molar-refractivity contribution is -0.155. The Morgan fingerprint density at radius 1 is 0.600 bits per heavy atom. The van der Waals surface area contributed by atoms with Crippen LogP contribution in [0.1, 0.15) is 22.3 Å². The number of carbonyl (C=O) groups is 4. The van der Waals surface area contributed by atoms with Gasteiger partial charge in [0.2, 0.25) is 0 Å². The van der Waals surface area contributed by atoms with Crippen LogP contribution < -0.4 is 9.47 Å². The predicted octanol–water partition coefficient (Wildman–Crippen LogP) is 8.40. The molecule has 0 aliphatic heterocycles. The second-order valence-electron chi connectivity index (χ2n) is 10.5. The average molecular weight is 990 g/mol. The fraction of sp³-hybridized carbons (Fsp3) is 0.412. The number of benzene rings is 2. The Balaban J connectivity index is 2.46. The zero-order valence-corrected chi connectivity index (χ0v) is 36.4. The van der Waals surface area contributed by atoms with Gasteiger partial charge in [0.25, 0.3) is 0 Å². The summed E-state index contributed by atoms with van der Waals surface area (Å²) in [6.07, 6.45) is 3.89. The van der Waals surface area contributed by atoms with Gasteiger partial charge in [-0.1, -0.05) is 13.2 Å². The molecule has 274 valence electrons. The van der Waals surface area contributed by atoms with Crippen LogP contribution in [0, 0.1) is 27.7 Å². The first-order valence-electron chi connectivity index (χ1n) is 14.8. The normalized spacial score (nSPS) is 12.0. The number of rotatable bonds is 19. The van der Waals surface area contributed by atoms with E-state index in [-0.39, 0.29) is 37.9 Å². The van der Waals surface area contributed by atoms with Crippen LogP contribution in [0.15, 0.2) is 43.2 Å². The van der Waals surface area contributed by atoms with Gasteiger partial charge in [-0.05, 0) is 104 Å². The van der Waals surface area contributed by atoms with E-state index in [4.69, 9.17) is 28.4 Å². The van der Waals surface area contributed by atoms with Gasteiger partial charge in [0.05, 0.1) is 11.5 Å². The molecule has 2 aromatic rings. The number of ether oxygens (including phenoxy) is 6. The molecule has 0 heterocycles. The molecule has 0 fully saturated rings. The lowest BCUT2D eigenvalue weighted by Gasteiger charge is -2.25. The van der Waals surface area contributed by atoms with Crippen LogP contribution in [-0.2, 0) is 38.1 Å². The summed E-state index contributed by atoms with van der Waals surface area (Å²) in [7, 11) is 0. The fourth-order valence-corrected chi connectivity index (χ4v) is 7.95. The molecule has 0 bridgehead atoms. The van der Waals surface area contributed by atoms with Gasteiger partial charge in [0.1, 0.15) is 37.9 Å². The Kier molecular flexibility index (Phi) is 19.0. The van der Waals surface area contributed by atoms with Gasteiger partial charge >= 0.3 is 23.9 Å². The molecule has 0 aromatic heterocycles. The first-order valence-corrected chi connectivity index (χ1v) is 20.8. The molecular weight excluding hydrogens is 952 g/mol. The maximum absolute atomic E-state index is 12.0. The Morgan fingerprint density at radius 2 is 0.900 bits per heavy atom. The van der Waals surface area contributed by atoms with E-state index >= 15 is 0 Å². The Morgan fingerprint density at radius 3 is 1.16 bits per heavy atom. The predicted molar refractivity (Wildman–Crippen MR) is 211 cm³/mol. The highest BCUT2D eigenvalue weighted by Gasteiger charge is 2.28. The molecule has 0 N–H and O–H groups in total. The summed E-state index contributed by atoms with van der Waals surface area (Å²) in [5.41, 5.74) is 4.72. The van der Waals surface area contributed by atoms with Crippen LogP contribution in [0.25, 0.3) is 11.1 Å².